The molecule has 2 rings (SSSR count). The van der Waals surface area contributed by atoms with Gasteiger partial charge in [0.25, 0.3) is 5.91 Å². The zero-order valence-corrected chi connectivity index (χ0v) is 17.9. The number of carbonyl (C=O) groups is 1. The number of rotatable bonds is 6. The number of hydrogen-bond acceptors (Lipinski definition) is 4. The van der Waals surface area contributed by atoms with Crippen LogP contribution in [0, 0.1) is 0 Å². The molecule has 0 heterocycles. The second-order valence-corrected chi connectivity index (χ2v) is 8.83. The van der Waals surface area contributed by atoms with Gasteiger partial charge in [0.1, 0.15) is 5.75 Å². The summed E-state index contributed by atoms with van der Waals surface area (Å²) in [6.45, 7) is 2.86. The van der Waals surface area contributed by atoms with Crippen LogP contribution >= 0.6 is 0 Å². The van der Waals surface area contributed by atoms with Gasteiger partial charge in [0.15, 0.2) is 0 Å². The number of alkyl halides is 6. The molecule has 0 aliphatic heterocycles. The van der Waals surface area contributed by atoms with Crippen molar-refractivity contribution in [2.24, 2.45) is 0 Å². The Bertz CT molecular complexity index is 1060. The van der Waals surface area contributed by atoms with Crippen LogP contribution in [0.25, 0.3) is 0 Å². The number of halogens is 6. The molecular formula is C20H19F6NO4S. The first kappa shape index (κ1) is 25.5. The number of carbonyl (C=O) groups excluding carboxylic acids is 1. The Morgan fingerprint density at radius 1 is 0.969 bits per heavy atom. The number of benzene rings is 2. The first-order valence-corrected chi connectivity index (χ1v) is 10.9. The Hall–Kier alpha value is -2.76. The van der Waals surface area contributed by atoms with Gasteiger partial charge in [-0.05, 0) is 49.7 Å². The van der Waals surface area contributed by atoms with Gasteiger partial charge in [-0.15, -0.1) is 0 Å². The van der Waals surface area contributed by atoms with Crippen LogP contribution in [0.1, 0.15) is 40.9 Å². The molecule has 0 aliphatic carbocycles. The highest BCUT2D eigenvalue weighted by atomic mass is 32.2. The zero-order valence-electron chi connectivity index (χ0n) is 17.1. The Morgan fingerprint density at radius 2 is 1.50 bits per heavy atom. The van der Waals surface area contributed by atoms with Gasteiger partial charge in [-0.25, -0.2) is 0 Å². The quantitative estimate of drug-likeness (QED) is 0.423. The minimum Gasteiger partial charge on any atom is -0.383 e. The Morgan fingerprint density at radius 3 is 1.94 bits per heavy atom. The van der Waals surface area contributed by atoms with Crippen molar-refractivity contribution in [2.75, 3.05) is 6.26 Å². The summed E-state index contributed by atoms with van der Waals surface area (Å²) in [4.78, 5) is 14.0. The molecule has 176 valence electrons. The van der Waals surface area contributed by atoms with Crippen LogP contribution in [-0.4, -0.2) is 31.5 Å². The van der Waals surface area contributed by atoms with Gasteiger partial charge in [-0.2, -0.15) is 34.8 Å². The molecule has 0 bridgehead atoms. The normalized spacial score (nSPS) is 12.7. The smallest absolute Gasteiger partial charge is 0.383 e. The predicted octanol–water partition coefficient (Wildman–Crippen LogP) is 5.11. The lowest BCUT2D eigenvalue weighted by molar-refractivity contribution is -0.143. The fourth-order valence-electron chi connectivity index (χ4n) is 2.80. The molecule has 0 aliphatic rings. The summed E-state index contributed by atoms with van der Waals surface area (Å²) in [5.74, 6) is -1.11. The van der Waals surface area contributed by atoms with E-state index in [2.05, 4.69) is 0 Å². The molecule has 0 radical (unpaired) electrons. The molecule has 0 N–H and O–H groups in total. The van der Waals surface area contributed by atoms with Crippen molar-refractivity contribution in [3.8, 4) is 5.75 Å². The fraction of sp³-hybridized carbons (Fsp3) is 0.350. The van der Waals surface area contributed by atoms with E-state index in [1.165, 1.54) is 38.1 Å². The molecule has 0 fully saturated rings. The van der Waals surface area contributed by atoms with E-state index in [1.807, 2.05) is 0 Å². The predicted molar refractivity (Wildman–Crippen MR) is 103 cm³/mol. The highest BCUT2D eigenvalue weighted by molar-refractivity contribution is 7.86. The number of amides is 1. The third-order valence-electron chi connectivity index (χ3n) is 4.22. The molecule has 2 aromatic rings. The van der Waals surface area contributed by atoms with Crippen molar-refractivity contribution < 1.29 is 43.7 Å². The summed E-state index contributed by atoms with van der Waals surface area (Å²) >= 11 is 0. The zero-order chi connectivity index (χ0) is 24.5. The van der Waals surface area contributed by atoms with Gasteiger partial charge in [0.05, 0.1) is 17.4 Å². The van der Waals surface area contributed by atoms with Crippen LogP contribution < -0.4 is 4.18 Å². The van der Waals surface area contributed by atoms with E-state index >= 15 is 0 Å². The number of hydrogen-bond donors (Lipinski definition) is 0. The molecule has 0 spiro atoms. The van der Waals surface area contributed by atoms with Crippen LogP contribution in [0.3, 0.4) is 0 Å². The molecule has 2 aromatic carbocycles. The molecule has 12 heteroatoms. The summed E-state index contributed by atoms with van der Waals surface area (Å²) in [6, 6.07) is 5.67. The summed E-state index contributed by atoms with van der Waals surface area (Å²) in [7, 11) is -3.83. The Kier molecular flexibility index (Phi) is 7.18. The summed E-state index contributed by atoms with van der Waals surface area (Å²) in [5, 5.41) is 0. The highest BCUT2D eigenvalue weighted by Crippen LogP contribution is 2.36. The largest absolute Gasteiger partial charge is 0.416 e. The van der Waals surface area contributed by atoms with Crippen molar-refractivity contribution in [3.63, 3.8) is 0 Å². The van der Waals surface area contributed by atoms with E-state index in [4.69, 9.17) is 4.18 Å². The Labute approximate surface area is 180 Å². The maximum absolute atomic E-state index is 13.1. The van der Waals surface area contributed by atoms with Crippen molar-refractivity contribution >= 4 is 16.0 Å². The van der Waals surface area contributed by atoms with E-state index in [1.54, 1.807) is 0 Å². The standard InChI is InChI=1S/C20H19F6NO4S/c1-12(2)27(11-13-5-4-6-17(7-13)31-32(3,29)30)18(28)14-8-15(19(21,22)23)10-16(9-14)20(24,25)26/h4-10,12H,11H2,1-3H3. The van der Waals surface area contributed by atoms with Gasteiger partial charge in [-0.1, -0.05) is 12.1 Å². The van der Waals surface area contributed by atoms with Crippen molar-refractivity contribution in [2.45, 2.75) is 38.8 Å². The Balaban J connectivity index is 2.46. The topological polar surface area (TPSA) is 63.7 Å². The monoisotopic (exact) mass is 483 g/mol. The van der Waals surface area contributed by atoms with Crippen molar-refractivity contribution in [1.29, 1.82) is 0 Å². The van der Waals surface area contributed by atoms with E-state index in [0.29, 0.717) is 17.7 Å². The molecule has 5 nitrogen and oxygen atoms in total. The average Bonchev–Trinajstić information content (AvgIpc) is 2.62. The van der Waals surface area contributed by atoms with Crippen LogP contribution in [0.4, 0.5) is 26.3 Å². The van der Waals surface area contributed by atoms with Gasteiger partial charge in [-0.3, -0.25) is 4.79 Å². The van der Waals surface area contributed by atoms with Gasteiger partial charge >= 0.3 is 22.5 Å². The minimum atomic E-state index is -5.09. The molecule has 32 heavy (non-hydrogen) atoms. The van der Waals surface area contributed by atoms with Crippen LogP contribution in [0.15, 0.2) is 42.5 Å². The van der Waals surface area contributed by atoms with E-state index in [-0.39, 0.29) is 18.4 Å². The third-order valence-corrected chi connectivity index (χ3v) is 4.71. The summed E-state index contributed by atoms with van der Waals surface area (Å²) < 4.78 is 106. The number of nitrogens with zero attached hydrogens (tertiary/aromatic N) is 1. The summed E-state index contributed by atoms with van der Waals surface area (Å²) in [6.07, 6.45) is -9.35. The maximum atomic E-state index is 13.1. The molecular weight excluding hydrogens is 464 g/mol. The molecule has 0 saturated heterocycles. The molecule has 0 unspecified atom stereocenters. The van der Waals surface area contributed by atoms with E-state index in [0.717, 1.165) is 11.2 Å². The lowest BCUT2D eigenvalue weighted by Crippen LogP contribution is -2.36. The van der Waals surface area contributed by atoms with Crippen molar-refractivity contribution in [3.05, 3.63) is 64.7 Å². The lowest BCUT2D eigenvalue weighted by atomic mass is 10.0. The fourth-order valence-corrected chi connectivity index (χ4v) is 3.25. The van der Waals surface area contributed by atoms with E-state index in [9.17, 15) is 39.6 Å². The van der Waals surface area contributed by atoms with Gasteiger partial charge in [0, 0.05) is 18.2 Å². The van der Waals surface area contributed by atoms with Gasteiger partial charge < -0.3 is 9.08 Å². The van der Waals surface area contributed by atoms with Gasteiger partial charge in [0.2, 0.25) is 0 Å². The van der Waals surface area contributed by atoms with Crippen LogP contribution in [0.5, 0.6) is 5.75 Å². The first-order chi connectivity index (χ1) is 14.5. The second kappa shape index (κ2) is 9.00. The van der Waals surface area contributed by atoms with Crippen LogP contribution in [0.2, 0.25) is 0 Å². The van der Waals surface area contributed by atoms with Crippen molar-refractivity contribution in [1.82, 2.24) is 4.90 Å². The lowest BCUT2D eigenvalue weighted by Gasteiger charge is -2.28. The molecule has 0 atom stereocenters. The molecule has 0 aromatic heterocycles. The average molecular weight is 483 g/mol. The third kappa shape index (κ3) is 6.87. The highest BCUT2D eigenvalue weighted by Gasteiger charge is 2.38. The maximum Gasteiger partial charge on any atom is 0.416 e. The SMILES string of the molecule is CC(C)N(Cc1cccc(OS(C)(=O)=O)c1)C(=O)c1cc(C(F)(F)F)cc(C(F)(F)F)c1. The minimum absolute atomic E-state index is 0.0531. The van der Waals surface area contributed by atoms with E-state index < -0.39 is 51.1 Å². The summed E-state index contributed by atoms with van der Waals surface area (Å²) in [5.41, 5.74) is -3.61. The molecule has 1 amide bonds. The first-order valence-electron chi connectivity index (χ1n) is 9.06. The molecule has 0 saturated carbocycles. The van der Waals surface area contributed by atoms with Crippen LogP contribution in [-0.2, 0) is 29.0 Å². The second-order valence-electron chi connectivity index (χ2n) is 7.26.